The van der Waals surface area contributed by atoms with E-state index in [0.717, 1.165) is 64.2 Å². The zero-order valence-corrected chi connectivity index (χ0v) is 29.5. The lowest BCUT2D eigenvalue weighted by Crippen LogP contribution is -2.43. The van der Waals surface area contributed by atoms with Crippen molar-refractivity contribution in [1.29, 1.82) is 0 Å². The van der Waals surface area contributed by atoms with E-state index in [-0.39, 0.29) is 35.7 Å². The van der Waals surface area contributed by atoms with Gasteiger partial charge < -0.3 is 14.6 Å². The molecule has 3 fully saturated rings. The Morgan fingerprint density at radius 3 is 1.50 bits per heavy atom. The molecule has 6 heteroatoms. The van der Waals surface area contributed by atoms with Crippen LogP contribution in [0.15, 0.2) is 121 Å². The summed E-state index contributed by atoms with van der Waals surface area (Å²) in [6, 6.07) is 43.1. The van der Waals surface area contributed by atoms with E-state index in [4.69, 9.17) is 9.47 Å². The summed E-state index contributed by atoms with van der Waals surface area (Å²) in [5.74, 6) is -0.139. The topological polar surface area (TPSA) is 55.8 Å². The predicted molar refractivity (Wildman–Crippen MR) is 200 cm³/mol. The van der Waals surface area contributed by atoms with Crippen LogP contribution in [0.1, 0.15) is 64.2 Å². The first-order valence-electron chi connectivity index (χ1n) is 18.0. The second-order valence-electron chi connectivity index (χ2n) is 13.7. The molecular formula is C42H48O4P2. The summed E-state index contributed by atoms with van der Waals surface area (Å²) in [6.07, 6.45) is 8.26. The number of rotatable bonds is 11. The Kier molecular flexibility index (Phi) is 11.4. The Morgan fingerprint density at radius 1 is 0.542 bits per heavy atom. The van der Waals surface area contributed by atoms with Crippen LogP contribution in [0.4, 0.5) is 0 Å². The first-order valence-corrected chi connectivity index (χ1v) is 20.8. The number of benzene rings is 4. The van der Waals surface area contributed by atoms with Crippen LogP contribution < -0.4 is 21.2 Å². The summed E-state index contributed by atoms with van der Waals surface area (Å²) in [7, 11) is -1.35. The van der Waals surface area contributed by atoms with Gasteiger partial charge >= 0.3 is 5.97 Å². The van der Waals surface area contributed by atoms with Crippen LogP contribution >= 0.6 is 15.8 Å². The summed E-state index contributed by atoms with van der Waals surface area (Å²) in [5, 5.41) is 17.1. The van der Waals surface area contributed by atoms with Crippen molar-refractivity contribution in [3.8, 4) is 0 Å². The predicted octanol–water partition coefficient (Wildman–Crippen LogP) is 7.78. The third kappa shape index (κ3) is 7.64. The van der Waals surface area contributed by atoms with Crippen molar-refractivity contribution in [3.63, 3.8) is 0 Å². The molecule has 0 aromatic heterocycles. The Labute approximate surface area is 288 Å². The lowest BCUT2D eigenvalue weighted by atomic mass is 9.94. The monoisotopic (exact) mass is 678 g/mol. The molecule has 3 saturated carbocycles. The van der Waals surface area contributed by atoms with Gasteiger partial charge in [0.05, 0.1) is 12.0 Å². The maximum atomic E-state index is 14.1. The highest BCUT2D eigenvalue weighted by Gasteiger charge is 2.44. The smallest absolute Gasteiger partial charge is 0.309 e. The number of ether oxygens (including phenoxy) is 2. The van der Waals surface area contributed by atoms with Gasteiger partial charge in [0.1, 0.15) is 6.10 Å². The second kappa shape index (κ2) is 16.2. The molecule has 1 N–H and O–H groups in total. The van der Waals surface area contributed by atoms with Gasteiger partial charge in [0, 0.05) is 11.6 Å². The minimum Gasteiger partial charge on any atom is -0.459 e. The minimum absolute atomic E-state index is 0.0503. The molecular weight excluding hydrogens is 630 g/mol. The molecule has 0 bridgehead atoms. The van der Waals surface area contributed by atoms with Gasteiger partial charge in [0.25, 0.3) is 0 Å². The Morgan fingerprint density at radius 2 is 0.979 bits per heavy atom. The molecule has 0 amide bonds. The highest BCUT2D eigenvalue weighted by Crippen LogP contribution is 2.52. The SMILES string of the molecule is O=C(OC1CCCCC1OC(O)C1CCCC1P(c1ccccc1)c1ccccc1)C1CCCC1P(c1ccccc1)c1ccccc1. The van der Waals surface area contributed by atoms with Gasteiger partial charge in [0.2, 0.25) is 0 Å². The summed E-state index contributed by atoms with van der Waals surface area (Å²) in [5.41, 5.74) is 0.583. The first kappa shape index (κ1) is 33.6. The zero-order valence-electron chi connectivity index (χ0n) is 27.7. The van der Waals surface area contributed by atoms with Crippen LogP contribution in [0, 0.1) is 11.8 Å². The lowest BCUT2D eigenvalue weighted by Gasteiger charge is -2.37. The molecule has 0 heterocycles. The highest BCUT2D eigenvalue weighted by molar-refractivity contribution is 7.74. The maximum Gasteiger partial charge on any atom is 0.309 e. The van der Waals surface area contributed by atoms with Crippen molar-refractivity contribution in [2.75, 3.05) is 0 Å². The fourth-order valence-corrected chi connectivity index (χ4v) is 14.7. The van der Waals surface area contributed by atoms with Crippen molar-refractivity contribution in [2.24, 2.45) is 11.8 Å². The van der Waals surface area contributed by atoms with Gasteiger partial charge in [-0.2, -0.15) is 0 Å². The van der Waals surface area contributed by atoms with Crippen molar-refractivity contribution < 1.29 is 19.4 Å². The number of aliphatic hydroxyl groups is 1. The highest BCUT2D eigenvalue weighted by atomic mass is 31.1. The molecule has 4 aromatic carbocycles. The van der Waals surface area contributed by atoms with Gasteiger partial charge in [-0.3, -0.25) is 4.79 Å². The number of esters is 1. The summed E-state index contributed by atoms with van der Waals surface area (Å²) in [6.45, 7) is 0. The van der Waals surface area contributed by atoms with Crippen LogP contribution in [0.3, 0.4) is 0 Å². The van der Waals surface area contributed by atoms with E-state index < -0.39 is 22.1 Å². The number of carbonyl (C=O) groups excluding carboxylic acids is 1. The van der Waals surface area contributed by atoms with Crippen molar-refractivity contribution >= 4 is 43.0 Å². The molecule has 3 aliphatic rings. The first-order chi connectivity index (χ1) is 23.7. The fraction of sp³-hybridized carbons (Fsp3) is 0.405. The molecule has 7 atom stereocenters. The number of carbonyl (C=O) groups is 1. The second-order valence-corrected chi connectivity index (χ2v) is 18.5. The molecule has 250 valence electrons. The van der Waals surface area contributed by atoms with E-state index >= 15 is 0 Å². The average Bonchev–Trinajstić information content (AvgIpc) is 3.82. The van der Waals surface area contributed by atoms with Crippen LogP contribution in [0.25, 0.3) is 0 Å². The lowest BCUT2D eigenvalue weighted by molar-refractivity contribution is -0.207. The third-order valence-corrected chi connectivity index (χ3v) is 16.7. The standard InChI is InChI=1S/C42H48O4P2/c43-41(35-25-15-29-39(35)47(31-17-5-1-6-18-31)32-19-7-2-8-20-32)45-37-27-13-14-28-38(37)46-42(44)36-26-16-30-40(36)48(33-21-9-3-10-22-33)34-23-11-4-12-24-34/h1-12,17-24,35-41,43H,13-16,25-30H2. The Hall–Kier alpha value is -2.87. The van der Waals surface area contributed by atoms with Gasteiger partial charge in [-0.1, -0.05) is 141 Å². The average molecular weight is 679 g/mol. The van der Waals surface area contributed by atoms with E-state index in [1.165, 1.54) is 21.2 Å². The van der Waals surface area contributed by atoms with Crippen LogP contribution in [-0.4, -0.2) is 40.9 Å². The molecule has 7 unspecified atom stereocenters. The van der Waals surface area contributed by atoms with Crippen molar-refractivity contribution in [3.05, 3.63) is 121 Å². The third-order valence-electron chi connectivity index (χ3n) is 10.7. The van der Waals surface area contributed by atoms with E-state index in [0.29, 0.717) is 5.66 Å². The molecule has 4 aromatic rings. The summed E-state index contributed by atoms with van der Waals surface area (Å²) >= 11 is 0. The Balaban J connectivity index is 1.06. The summed E-state index contributed by atoms with van der Waals surface area (Å²) in [4.78, 5) is 14.1. The van der Waals surface area contributed by atoms with E-state index in [9.17, 15) is 9.90 Å². The van der Waals surface area contributed by atoms with Gasteiger partial charge in [0.15, 0.2) is 6.29 Å². The van der Waals surface area contributed by atoms with E-state index in [2.05, 4.69) is 121 Å². The van der Waals surface area contributed by atoms with Gasteiger partial charge in [-0.15, -0.1) is 0 Å². The van der Waals surface area contributed by atoms with Gasteiger partial charge in [-0.05, 0) is 87.7 Å². The van der Waals surface area contributed by atoms with Crippen molar-refractivity contribution in [1.82, 2.24) is 0 Å². The van der Waals surface area contributed by atoms with E-state index in [1.807, 2.05) is 0 Å². The number of hydrogen-bond acceptors (Lipinski definition) is 4. The summed E-state index contributed by atoms with van der Waals surface area (Å²) < 4.78 is 13.1. The molecule has 0 radical (unpaired) electrons. The van der Waals surface area contributed by atoms with Crippen molar-refractivity contribution in [2.45, 2.75) is 94.0 Å². The number of aliphatic hydroxyl groups excluding tert-OH is 1. The quantitative estimate of drug-likeness (QED) is 0.100. The molecule has 4 nitrogen and oxygen atoms in total. The largest absolute Gasteiger partial charge is 0.459 e. The van der Waals surface area contributed by atoms with Crippen LogP contribution in [0.5, 0.6) is 0 Å². The number of hydrogen-bond donors (Lipinski definition) is 1. The van der Waals surface area contributed by atoms with E-state index in [1.54, 1.807) is 0 Å². The Bertz CT molecular complexity index is 1490. The molecule has 0 aliphatic heterocycles. The normalized spacial score (nSPS) is 26.5. The molecule has 0 spiro atoms. The molecule has 7 rings (SSSR count). The van der Waals surface area contributed by atoms with Crippen LogP contribution in [0.2, 0.25) is 0 Å². The molecule has 0 saturated heterocycles. The van der Waals surface area contributed by atoms with Crippen LogP contribution in [-0.2, 0) is 14.3 Å². The fourth-order valence-electron chi connectivity index (χ4n) is 8.44. The minimum atomic E-state index is -0.873. The maximum absolute atomic E-state index is 14.1. The molecule has 3 aliphatic carbocycles. The van der Waals surface area contributed by atoms with Gasteiger partial charge in [-0.25, -0.2) is 0 Å². The zero-order chi connectivity index (χ0) is 32.7. The molecule has 48 heavy (non-hydrogen) atoms.